The fraction of sp³-hybridized carbons (Fsp3) is 0.400. The monoisotopic (exact) mass is 503 g/mol. The Labute approximate surface area is 210 Å². The van der Waals surface area contributed by atoms with Gasteiger partial charge in [-0.1, -0.05) is 60.7 Å². The Morgan fingerprint density at radius 3 is 2.24 bits per heavy atom. The molecule has 2 saturated heterocycles. The second kappa shape index (κ2) is 11.7. The van der Waals surface area contributed by atoms with Gasteiger partial charge in [-0.2, -0.15) is 0 Å². The number of hydrogen-bond acceptors (Lipinski definition) is 5. The number of likely N-dealkylation sites (tertiary alicyclic amines) is 1. The molecule has 2 aliphatic rings. The average Bonchev–Trinajstić information content (AvgIpc) is 3.39. The molecule has 0 radical (unpaired) electrons. The number of nitrogens with one attached hydrogen (secondary N) is 2. The largest absolute Gasteiger partial charge is 0.480 e. The first-order valence-electron chi connectivity index (χ1n) is 11.2. The Morgan fingerprint density at radius 2 is 1.68 bits per heavy atom. The van der Waals surface area contributed by atoms with Crippen LogP contribution in [0.4, 0.5) is 0 Å². The van der Waals surface area contributed by atoms with Gasteiger partial charge in [0, 0.05) is 31.1 Å². The highest BCUT2D eigenvalue weighted by atomic mass is 35.5. The summed E-state index contributed by atoms with van der Waals surface area (Å²) >= 11 is 1.71. The van der Waals surface area contributed by atoms with Crippen LogP contribution in [0.25, 0.3) is 0 Å². The van der Waals surface area contributed by atoms with Gasteiger partial charge in [0.2, 0.25) is 11.8 Å². The minimum absolute atomic E-state index is 0. The molecule has 0 saturated carbocycles. The summed E-state index contributed by atoms with van der Waals surface area (Å²) in [4.78, 5) is 40.3. The predicted octanol–water partition coefficient (Wildman–Crippen LogP) is 2.44. The zero-order chi connectivity index (χ0) is 23.3. The molecule has 2 aromatic rings. The predicted molar refractivity (Wildman–Crippen MR) is 135 cm³/mol. The van der Waals surface area contributed by atoms with E-state index in [1.54, 1.807) is 11.8 Å². The van der Waals surface area contributed by atoms with Gasteiger partial charge in [0.15, 0.2) is 0 Å². The van der Waals surface area contributed by atoms with Gasteiger partial charge in [-0.05, 0) is 24.0 Å². The van der Waals surface area contributed by atoms with Gasteiger partial charge in [-0.3, -0.25) is 14.9 Å². The van der Waals surface area contributed by atoms with E-state index in [1.807, 2.05) is 65.6 Å². The van der Waals surface area contributed by atoms with E-state index in [-0.39, 0.29) is 36.7 Å². The molecule has 3 N–H and O–H groups in total. The van der Waals surface area contributed by atoms with E-state index in [0.717, 1.165) is 22.8 Å². The van der Waals surface area contributed by atoms with Crippen molar-refractivity contribution in [2.24, 2.45) is 0 Å². The lowest BCUT2D eigenvalue weighted by atomic mass is 9.71. The van der Waals surface area contributed by atoms with E-state index in [1.165, 1.54) is 0 Å². The summed E-state index contributed by atoms with van der Waals surface area (Å²) in [7, 11) is 0. The maximum absolute atomic E-state index is 13.7. The fourth-order valence-electron chi connectivity index (χ4n) is 4.63. The van der Waals surface area contributed by atoms with Crippen LogP contribution >= 0.6 is 24.2 Å². The molecule has 2 heterocycles. The molecule has 0 aromatic heterocycles. The van der Waals surface area contributed by atoms with Gasteiger partial charge < -0.3 is 15.3 Å². The van der Waals surface area contributed by atoms with Crippen molar-refractivity contribution in [1.29, 1.82) is 0 Å². The molecule has 2 aliphatic heterocycles. The first-order chi connectivity index (χ1) is 16.0. The Hall–Kier alpha value is -2.55. The van der Waals surface area contributed by atoms with E-state index in [0.29, 0.717) is 25.9 Å². The van der Waals surface area contributed by atoms with Gasteiger partial charge in [-0.25, -0.2) is 4.79 Å². The lowest BCUT2D eigenvalue weighted by Gasteiger charge is -2.42. The number of rotatable bonds is 7. The zero-order valence-electron chi connectivity index (χ0n) is 18.8. The van der Waals surface area contributed by atoms with Crippen molar-refractivity contribution in [1.82, 2.24) is 15.5 Å². The normalized spacial score (nSPS) is 20.1. The maximum Gasteiger partial charge on any atom is 0.326 e. The third-order valence-corrected chi connectivity index (χ3v) is 7.53. The number of hydrogen-bond donors (Lipinski definition) is 3. The Morgan fingerprint density at radius 1 is 1.06 bits per heavy atom. The van der Waals surface area contributed by atoms with Gasteiger partial charge in [0.05, 0.1) is 11.5 Å². The molecule has 7 nitrogen and oxygen atoms in total. The Kier molecular flexibility index (Phi) is 8.99. The smallest absolute Gasteiger partial charge is 0.326 e. The molecule has 9 heteroatoms. The van der Waals surface area contributed by atoms with Crippen LogP contribution in [-0.2, 0) is 26.2 Å². The van der Waals surface area contributed by atoms with Crippen LogP contribution in [-0.4, -0.2) is 64.6 Å². The third kappa shape index (κ3) is 5.74. The number of carboxylic acids is 1. The van der Waals surface area contributed by atoms with Crippen molar-refractivity contribution in [3.8, 4) is 0 Å². The Bertz CT molecular complexity index is 978. The fourth-order valence-corrected chi connectivity index (χ4v) is 5.57. The number of carboxylic acid groups (broad SMARTS) is 1. The van der Waals surface area contributed by atoms with E-state index in [4.69, 9.17) is 0 Å². The third-order valence-electron chi connectivity index (χ3n) is 6.59. The minimum Gasteiger partial charge on any atom is -0.480 e. The quantitative estimate of drug-likeness (QED) is 0.537. The molecule has 0 aliphatic carbocycles. The highest BCUT2D eigenvalue weighted by molar-refractivity contribution is 7.99. The molecule has 2 amide bonds. The molecule has 0 spiro atoms. The van der Waals surface area contributed by atoms with Crippen molar-refractivity contribution in [2.75, 3.05) is 24.7 Å². The molecule has 0 bridgehead atoms. The summed E-state index contributed by atoms with van der Waals surface area (Å²) in [6.07, 6.45) is 1.11. The summed E-state index contributed by atoms with van der Waals surface area (Å²) in [5.74, 6) is 0.263. The molecule has 2 aromatic carbocycles. The second-order valence-corrected chi connectivity index (χ2v) is 9.63. The summed E-state index contributed by atoms with van der Waals surface area (Å²) in [6.45, 7) is 0.917. The topological polar surface area (TPSA) is 98.7 Å². The average molecular weight is 504 g/mol. The first-order valence-corrected chi connectivity index (χ1v) is 12.4. The molecule has 2 fully saturated rings. The van der Waals surface area contributed by atoms with Crippen molar-refractivity contribution >= 4 is 42.0 Å². The number of aliphatic carboxylic acids is 1. The number of halogens is 1. The minimum atomic E-state index is -1.06. The zero-order valence-corrected chi connectivity index (χ0v) is 20.4. The first kappa shape index (κ1) is 26.1. The molecule has 182 valence electrons. The lowest BCUT2D eigenvalue weighted by Crippen LogP contribution is -2.57. The number of benzene rings is 2. The lowest BCUT2D eigenvalue weighted by molar-refractivity contribution is -0.143. The molecule has 0 unspecified atom stereocenters. The van der Waals surface area contributed by atoms with Gasteiger partial charge in [0.25, 0.3) is 0 Å². The van der Waals surface area contributed by atoms with Crippen molar-refractivity contribution < 1.29 is 19.5 Å². The number of thioether (sulfide) groups is 1. The van der Waals surface area contributed by atoms with Gasteiger partial charge >= 0.3 is 5.97 Å². The van der Waals surface area contributed by atoms with E-state index in [2.05, 4.69) is 10.6 Å². The van der Waals surface area contributed by atoms with Crippen molar-refractivity contribution in [3.05, 3.63) is 71.8 Å². The molecular formula is C25H30ClN3O4S. The van der Waals surface area contributed by atoms with Crippen molar-refractivity contribution in [3.63, 3.8) is 0 Å². The number of carbonyl (C=O) groups excluding carboxylic acids is 2. The number of nitrogens with zero attached hydrogens (tertiary/aromatic N) is 1. The molecular weight excluding hydrogens is 474 g/mol. The standard InChI is InChI=1S/C25H29N3O4S.ClH/c29-22(21-16-33-17-26-21)28-13-11-25(12-14-28,19-9-5-2-6-10-19)24(32)27-20(23(30)31)15-18-7-3-1-4-8-18;/h1-10,20-21,26H,11-17H2,(H,27,32)(H,30,31);1H/t20-,21+;/m0./s1. The number of carbonyl (C=O) groups is 3. The van der Waals surface area contributed by atoms with Crippen LogP contribution in [0.15, 0.2) is 60.7 Å². The van der Waals surface area contributed by atoms with Crippen LogP contribution < -0.4 is 10.6 Å². The van der Waals surface area contributed by atoms with Crippen molar-refractivity contribution in [2.45, 2.75) is 36.8 Å². The summed E-state index contributed by atoms with van der Waals surface area (Å²) in [5, 5.41) is 15.8. The molecule has 4 rings (SSSR count). The summed E-state index contributed by atoms with van der Waals surface area (Å²) in [6, 6.07) is 17.6. The molecule has 2 atom stereocenters. The van der Waals surface area contributed by atoms with Gasteiger partial charge in [0.1, 0.15) is 6.04 Å². The van der Waals surface area contributed by atoms with E-state index in [9.17, 15) is 19.5 Å². The summed E-state index contributed by atoms with van der Waals surface area (Å²) < 4.78 is 0. The SMILES string of the molecule is Cl.O=C(O)[C@H](Cc1ccccc1)NC(=O)C1(c2ccccc2)CCN(C(=O)[C@H]2CSCN2)CC1. The van der Waals surface area contributed by atoms with Crippen LogP contribution in [0.1, 0.15) is 24.0 Å². The van der Waals surface area contributed by atoms with E-state index < -0.39 is 17.4 Å². The highest BCUT2D eigenvalue weighted by Gasteiger charge is 2.45. The van der Waals surface area contributed by atoms with Gasteiger partial charge in [-0.15, -0.1) is 24.2 Å². The Balaban J connectivity index is 0.00000324. The second-order valence-electron chi connectivity index (χ2n) is 8.60. The summed E-state index contributed by atoms with van der Waals surface area (Å²) in [5.41, 5.74) is 0.828. The molecule has 34 heavy (non-hydrogen) atoms. The van der Waals surface area contributed by atoms with Crippen LogP contribution in [0.5, 0.6) is 0 Å². The van der Waals surface area contributed by atoms with Crippen LogP contribution in [0, 0.1) is 0 Å². The highest BCUT2D eigenvalue weighted by Crippen LogP contribution is 2.36. The van der Waals surface area contributed by atoms with Crippen LogP contribution in [0.3, 0.4) is 0 Å². The van der Waals surface area contributed by atoms with E-state index >= 15 is 0 Å². The number of amides is 2. The number of piperidine rings is 1. The van der Waals surface area contributed by atoms with Crippen LogP contribution in [0.2, 0.25) is 0 Å². The maximum atomic E-state index is 13.7.